The Morgan fingerprint density at radius 1 is 1.14 bits per heavy atom. The Morgan fingerprint density at radius 2 is 1.90 bits per heavy atom. The summed E-state index contributed by atoms with van der Waals surface area (Å²) in [7, 11) is 1.69. The first-order valence-corrected chi connectivity index (χ1v) is 10.9. The minimum atomic E-state index is 0.120. The molecule has 6 heteroatoms. The van der Waals surface area contributed by atoms with Crippen LogP contribution in [0.5, 0.6) is 11.5 Å². The normalized spacial score (nSPS) is 15.1. The van der Waals surface area contributed by atoms with Crippen LogP contribution in [0.15, 0.2) is 53.0 Å². The second kappa shape index (κ2) is 11.2. The van der Waals surface area contributed by atoms with Gasteiger partial charge in [-0.25, -0.2) is 0 Å². The highest BCUT2D eigenvalue weighted by atomic mass is 79.9. The van der Waals surface area contributed by atoms with Gasteiger partial charge in [0.2, 0.25) is 5.91 Å². The topological polar surface area (TPSA) is 50.8 Å². The van der Waals surface area contributed by atoms with Crippen LogP contribution in [0.1, 0.15) is 31.2 Å². The van der Waals surface area contributed by atoms with Crippen molar-refractivity contribution in [1.29, 1.82) is 0 Å². The van der Waals surface area contributed by atoms with Crippen molar-refractivity contribution >= 4 is 21.8 Å². The Morgan fingerprint density at radius 3 is 2.66 bits per heavy atom. The average molecular weight is 461 g/mol. The van der Waals surface area contributed by atoms with E-state index >= 15 is 0 Å². The number of likely N-dealkylation sites (tertiary alicyclic amines) is 1. The molecule has 156 valence electrons. The molecule has 2 aromatic rings. The number of hydrogen-bond donors (Lipinski definition) is 1. The molecule has 0 saturated carbocycles. The minimum absolute atomic E-state index is 0.120. The Balaban J connectivity index is 1.31. The summed E-state index contributed by atoms with van der Waals surface area (Å²) in [5, 5.41) is 3.18. The van der Waals surface area contributed by atoms with Crippen molar-refractivity contribution in [2.45, 2.75) is 38.3 Å². The molecule has 3 rings (SSSR count). The van der Waals surface area contributed by atoms with Gasteiger partial charge in [-0.1, -0.05) is 34.1 Å². The van der Waals surface area contributed by atoms with Gasteiger partial charge in [0.15, 0.2) is 0 Å². The summed E-state index contributed by atoms with van der Waals surface area (Å²) in [5.41, 5.74) is 1.26. The SMILES string of the molecule is COc1cccc(CN2CCC(NC(=O)CCCOc3cccc(Br)c3)CC2)c1. The first kappa shape index (κ1) is 21.7. The molecule has 0 bridgehead atoms. The van der Waals surface area contributed by atoms with Gasteiger partial charge in [0.1, 0.15) is 11.5 Å². The summed E-state index contributed by atoms with van der Waals surface area (Å²) < 4.78 is 12.0. The summed E-state index contributed by atoms with van der Waals surface area (Å²) >= 11 is 3.43. The predicted molar refractivity (Wildman–Crippen MR) is 118 cm³/mol. The van der Waals surface area contributed by atoms with E-state index in [1.807, 2.05) is 36.4 Å². The number of methoxy groups -OCH3 is 1. The van der Waals surface area contributed by atoms with Crippen molar-refractivity contribution in [3.05, 3.63) is 58.6 Å². The number of piperidine rings is 1. The van der Waals surface area contributed by atoms with Crippen LogP contribution in [-0.4, -0.2) is 43.7 Å². The van der Waals surface area contributed by atoms with Gasteiger partial charge in [-0.2, -0.15) is 0 Å². The standard InChI is InChI=1S/C23H29BrN2O3/c1-28-21-7-2-5-18(15-21)17-26-12-10-20(11-13-26)25-23(27)9-4-14-29-22-8-3-6-19(24)16-22/h2-3,5-8,15-16,20H,4,9-14,17H2,1H3,(H,25,27). The molecule has 1 aliphatic heterocycles. The maximum atomic E-state index is 12.2. The fraction of sp³-hybridized carbons (Fsp3) is 0.435. The van der Waals surface area contributed by atoms with E-state index in [-0.39, 0.29) is 11.9 Å². The third kappa shape index (κ3) is 7.37. The molecule has 1 heterocycles. The average Bonchev–Trinajstić information content (AvgIpc) is 2.73. The van der Waals surface area contributed by atoms with Crippen LogP contribution in [0.25, 0.3) is 0 Å². The van der Waals surface area contributed by atoms with Crippen LogP contribution >= 0.6 is 15.9 Å². The summed E-state index contributed by atoms with van der Waals surface area (Å²) in [6.07, 6.45) is 3.19. The molecule has 0 aromatic heterocycles. The lowest BCUT2D eigenvalue weighted by Crippen LogP contribution is -2.44. The molecular formula is C23H29BrN2O3. The molecule has 1 aliphatic rings. The van der Waals surface area contributed by atoms with Gasteiger partial charge < -0.3 is 14.8 Å². The van der Waals surface area contributed by atoms with Crippen molar-refractivity contribution in [1.82, 2.24) is 10.2 Å². The van der Waals surface area contributed by atoms with Crippen LogP contribution in [0.3, 0.4) is 0 Å². The number of carbonyl (C=O) groups is 1. The number of rotatable bonds is 9. The van der Waals surface area contributed by atoms with E-state index in [1.54, 1.807) is 7.11 Å². The van der Waals surface area contributed by atoms with Gasteiger partial charge in [0, 0.05) is 36.6 Å². The second-order valence-electron chi connectivity index (χ2n) is 7.38. The van der Waals surface area contributed by atoms with Crippen LogP contribution in [0.2, 0.25) is 0 Å². The fourth-order valence-corrected chi connectivity index (χ4v) is 3.92. The van der Waals surface area contributed by atoms with Crippen molar-refractivity contribution in [2.75, 3.05) is 26.8 Å². The largest absolute Gasteiger partial charge is 0.497 e. The van der Waals surface area contributed by atoms with E-state index in [0.717, 1.165) is 48.4 Å². The molecule has 29 heavy (non-hydrogen) atoms. The highest BCUT2D eigenvalue weighted by Gasteiger charge is 2.20. The van der Waals surface area contributed by atoms with Gasteiger partial charge in [-0.05, 0) is 55.2 Å². The highest BCUT2D eigenvalue weighted by molar-refractivity contribution is 9.10. The molecule has 2 aromatic carbocycles. The number of nitrogens with one attached hydrogen (secondary N) is 1. The Hall–Kier alpha value is -2.05. The van der Waals surface area contributed by atoms with E-state index < -0.39 is 0 Å². The summed E-state index contributed by atoms with van der Waals surface area (Å²) in [6.45, 7) is 3.45. The van der Waals surface area contributed by atoms with E-state index in [0.29, 0.717) is 19.4 Å². The Bertz CT molecular complexity index is 791. The Kier molecular flexibility index (Phi) is 8.38. The van der Waals surface area contributed by atoms with Gasteiger partial charge >= 0.3 is 0 Å². The van der Waals surface area contributed by atoms with Crippen LogP contribution in [0, 0.1) is 0 Å². The molecule has 1 saturated heterocycles. The monoisotopic (exact) mass is 460 g/mol. The van der Waals surface area contributed by atoms with E-state index in [9.17, 15) is 4.79 Å². The van der Waals surface area contributed by atoms with Crippen molar-refractivity contribution < 1.29 is 14.3 Å². The third-order valence-corrected chi connectivity index (χ3v) is 5.60. The van der Waals surface area contributed by atoms with Crippen molar-refractivity contribution in [3.8, 4) is 11.5 Å². The number of amides is 1. The number of benzene rings is 2. The fourth-order valence-electron chi connectivity index (χ4n) is 3.54. The summed E-state index contributed by atoms with van der Waals surface area (Å²) in [6, 6.07) is 16.2. The minimum Gasteiger partial charge on any atom is -0.497 e. The van der Waals surface area contributed by atoms with E-state index in [1.165, 1.54) is 5.56 Å². The molecule has 5 nitrogen and oxygen atoms in total. The summed E-state index contributed by atoms with van der Waals surface area (Å²) in [5.74, 6) is 1.84. The zero-order chi connectivity index (χ0) is 20.5. The highest BCUT2D eigenvalue weighted by Crippen LogP contribution is 2.19. The zero-order valence-electron chi connectivity index (χ0n) is 16.9. The smallest absolute Gasteiger partial charge is 0.220 e. The Labute approximate surface area is 181 Å². The molecule has 0 atom stereocenters. The molecule has 1 N–H and O–H groups in total. The van der Waals surface area contributed by atoms with Gasteiger partial charge in [-0.15, -0.1) is 0 Å². The lowest BCUT2D eigenvalue weighted by atomic mass is 10.0. The molecule has 1 amide bonds. The first-order chi connectivity index (χ1) is 14.1. The maximum absolute atomic E-state index is 12.2. The third-order valence-electron chi connectivity index (χ3n) is 5.11. The first-order valence-electron chi connectivity index (χ1n) is 10.2. The predicted octanol–water partition coefficient (Wildman–Crippen LogP) is 4.40. The molecule has 1 fully saturated rings. The molecular weight excluding hydrogens is 432 g/mol. The van der Waals surface area contributed by atoms with Crippen LogP contribution < -0.4 is 14.8 Å². The van der Waals surface area contributed by atoms with Gasteiger partial charge in [-0.3, -0.25) is 9.69 Å². The zero-order valence-corrected chi connectivity index (χ0v) is 18.5. The van der Waals surface area contributed by atoms with Crippen molar-refractivity contribution in [3.63, 3.8) is 0 Å². The number of nitrogens with zero attached hydrogens (tertiary/aromatic N) is 1. The lowest BCUT2D eigenvalue weighted by molar-refractivity contribution is -0.122. The number of carbonyl (C=O) groups excluding carboxylic acids is 1. The molecule has 0 spiro atoms. The lowest BCUT2D eigenvalue weighted by Gasteiger charge is -2.32. The van der Waals surface area contributed by atoms with Crippen LogP contribution in [-0.2, 0) is 11.3 Å². The van der Waals surface area contributed by atoms with E-state index in [4.69, 9.17) is 9.47 Å². The molecule has 0 unspecified atom stereocenters. The van der Waals surface area contributed by atoms with Gasteiger partial charge in [0.05, 0.1) is 13.7 Å². The molecule has 0 aliphatic carbocycles. The second-order valence-corrected chi connectivity index (χ2v) is 8.29. The number of halogens is 1. The van der Waals surface area contributed by atoms with Crippen molar-refractivity contribution in [2.24, 2.45) is 0 Å². The quantitative estimate of drug-likeness (QED) is 0.563. The number of ether oxygens (including phenoxy) is 2. The van der Waals surface area contributed by atoms with E-state index in [2.05, 4.69) is 38.3 Å². The van der Waals surface area contributed by atoms with Crippen LogP contribution in [0.4, 0.5) is 0 Å². The maximum Gasteiger partial charge on any atom is 0.220 e. The summed E-state index contributed by atoms with van der Waals surface area (Å²) in [4.78, 5) is 14.7. The van der Waals surface area contributed by atoms with Gasteiger partial charge in [0.25, 0.3) is 0 Å². The number of hydrogen-bond acceptors (Lipinski definition) is 4. The molecule has 0 radical (unpaired) electrons.